The van der Waals surface area contributed by atoms with Crippen molar-refractivity contribution in [2.75, 3.05) is 5.32 Å². The topological polar surface area (TPSA) is 53.7 Å². The SMILES string of the molecule is [C-]#[N+]c1ccc(NC(=O)[C@@](C)(O)CC)cc1C(F)(F)F. The molecule has 1 atom stereocenters. The molecule has 4 nitrogen and oxygen atoms in total. The van der Waals surface area contributed by atoms with Crippen molar-refractivity contribution in [3.8, 4) is 0 Å². The van der Waals surface area contributed by atoms with E-state index in [0.717, 1.165) is 6.07 Å². The van der Waals surface area contributed by atoms with Crippen LogP contribution in [-0.2, 0) is 11.0 Å². The summed E-state index contributed by atoms with van der Waals surface area (Å²) in [5.41, 5.74) is -3.46. The highest BCUT2D eigenvalue weighted by atomic mass is 19.4. The van der Waals surface area contributed by atoms with E-state index in [1.807, 2.05) is 0 Å². The van der Waals surface area contributed by atoms with Crippen LogP contribution < -0.4 is 5.32 Å². The molecule has 7 heteroatoms. The number of rotatable bonds is 3. The molecular formula is C13H13F3N2O2. The van der Waals surface area contributed by atoms with Crippen LogP contribution in [0.2, 0.25) is 0 Å². The average Bonchev–Trinajstić information content (AvgIpc) is 2.37. The predicted molar refractivity (Wildman–Crippen MR) is 67.3 cm³/mol. The van der Waals surface area contributed by atoms with Gasteiger partial charge in [-0.2, -0.15) is 13.2 Å². The van der Waals surface area contributed by atoms with Gasteiger partial charge in [0, 0.05) is 5.69 Å². The normalized spacial score (nSPS) is 14.2. The smallest absolute Gasteiger partial charge is 0.380 e. The summed E-state index contributed by atoms with van der Waals surface area (Å²) in [6.45, 7) is 9.54. The lowest BCUT2D eigenvalue weighted by Gasteiger charge is -2.20. The van der Waals surface area contributed by atoms with E-state index < -0.39 is 28.9 Å². The molecule has 0 aliphatic carbocycles. The lowest BCUT2D eigenvalue weighted by Crippen LogP contribution is -2.39. The van der Waals surface area contributed by atoms with Crippen LogP contribution >= 0.6 is 0 Å². The van der Waals surface area contributed by atoms with E-state index >= 15 is 0 Å². The summed E-state index contributed by atoms with van der Waals surface area (Å²) in [5.74, 6) is -0.802. The minimum atomic E-state index is -4.69. The van der Waals surface area contributed by atoms with Crippen molar-refractivity contribution < 1.29 is 23.1 Å². The number of carbonyl (C=O) groups is 1. The Balaban J connectivity index is 3.12. The largest absolute Gasteiger partial charge is 0.407 e. The monoisotopic (exact) mass is 286 g/mol. The fourth-order valence-corrected chi connectivity index (χ4v) is 1.36. The van der Waals surface area contributed by atoms with Crippen LogP contribution in [-0.4, -0.2) is 16.6 Å². The molecule has 0 saturated heterocycles. The Bertz CT molecular complexity index is 560. The third kappa shape index (κ3) is 3.48. The van der Waals surface area contributed by atoms with Gasteiger partial charge in [0.15, 0.2) is 5.69 Å². The number of hydrogen-bond donors (Lipinski definition) is 2. The van der Waals surface area contributed by atoms with Crippen molar-refractivity contribution in [2.45, 2.75) is 32.0 Å². The maximum absolute atomic E-state index is 12.7. The Morgan fingerprint density at radius 1 is 1.45 bits per heavy atom. The van der Waals surface area contributed by atoms with E-state index in [1.54, 1.807) is 6.92 Å². The second-order valence-corrected chi connectivity index (χ2v) is 4.42. The van der Waals surface area contributed by atoms with E-state index in [0.29, 0.717) is 6.07 Å². The van der Waals surface area contributed by atoms with E-state index in [2.05, 4.69) is 10.2 Å². The molecule has 2 N–H and O–H groups in total. The number of alkyl halides is 3. The van der Waals surface area contributed by atoms with Gasteiger partial charge in [-0.15, -0.1) is 0 Å². The van der Waals surface area contributed by atoms with Crippen LogP contribution in [0.15, 0.2) is 18.2 Å². The van der Waals surface area contributed by atoms with Crippen molar-refractivity contribution >= 4 is 17.3 Å². The van der Waals surface area contributed by atoms with Gasteiger partial charge in [-0.1, -0.05) is 13.0 Å². The van der Waals surface area contributed by atoms with Gasteiger partial charge in [-0.05, 0) is 25.5 Å². The van der Waals surface area contributed by atoms with Gasteiger partial charge in [0.05, 0.1) is 12.1 Å². The van der Waals surface area contributed by atoms with Crippen LogP contribution in [0.5, 0.6) is 0 Å². The molecule has 0 radical (unpaired) electrons. The Labute approximate surface area is 114 Å². The van der Waals surface area contributed by atoms with E-state index in [4.69, 9.17) is 6.57 Å². The van der Waals surface area contributed by atoms with E-state index in [1.165, 1.54) is 13.0 Å². The summed E-state index contributed by atoms with van der Waals surface area (Å²) in [4.78, 5) is 14.5. The standard InChI is InChI=1S/C13H13F3N2O2/c1-4-12(2,20)11(19)18-8-5-6-10(17-3)9(7-8)13(14,15)16/h5-7,20H,4H2,1-2H3,(H,18,19)/t12-/m0/s1. The number of nitrogens with zero attached hydrogens (tertiary/aromatic N) is 1. The van der Waals surface area contributed by atoms with Crippen molar-refractivity contribution in [1.29, 1.82) is 0 Å². The number of halogens is 3. The lowest BCUT2D eigenvalue weighted by atomic mass is 10.0. The van der Waals surface area contributed by atoms with Gasteiger partial charge in [0.2, 0.25) is 0 Å². The summed E-state index contributed by atoms with van der Waals surface area (Å²) in [5, 5.41) is 11.9. The van der Waals surface area contributed by atoms with Crippen LogP contribution in [0.3, 0.4) is 0 Å². The van der Waals surface area contributed by atoms with Crippen molar-refractivity contribution in [3.05, 3.63) is 35.2 Å². The molecule has 0 saturated carbocycles. The molecule has 0 unspecified atom stereocenters. The van der Waals surface area contributed by atoms with Gasteiger partial charge >= 0.3 is 6.18 Å². The molecule has 1 aromatic rings. The van der Waals surface area contributed by atoms with Crippen LogP contribution in [0, 0.1) is 6.57 Å². The Morgan fingerprint density at radius 2 is 2.05 bits per heavy atom. The lowest BCUT2D eigenvalue weighted by molar-refractivity contribution is -0.137. The average molecular weight is 286 g/mol. The quantitative estimate of drug-likeness (QED) is 0.837. The molecule has 0 aromatic heterocycles. The summed E-state index contributed by atoms with van der Waals surface area (Å²) < 4.78 is 38.2. The number of benzene rings is 1. The van der Waals surface area contributed by atoms with Gasteiger partial charge < -0.3 is 10.4 Å². The molecule has 0 bridgehead atoms. The second kappa shape index (κ2) is 5.51. The first-order chi connectivity index (χ1) is 9.11. The Hall–Kier alpha value is -2.07. The van der Waals surface area contributed by atoms with Gasteiger partial charge in [-0.25, -0.2) is 4.85 Å². The number of anilines is 1. The molecule has 0 heterocycles. The fourth-order valence-electron chi connectivity index (χ4n) is 1.36. The Morgan fingerprint density at radius 3 is 2.50 bits per heavy atom. The van der Waals surface area contributed by atoms with Crippen molar-refractivity contribution in [3.63, 3.8) is 0 Å². The number of aliphatic hydroxyl groups is 1. The highest BCUT2D eigenvalue weighted by molar-refractivity contribution is 5.97. The highest BCUT2D eigenvalue weighted by Crippen LogP contribution is 2.38. The van der Waals surface area contributed by atoms with Crippen molar-refractivity contribution in [2.24, 2.45) is 0 Å². The molecular weight excluding hydrogens is 273 g/mol. The third-order valence-corrected chi connectivity index (χ3v) is 2.86. The molecule has 1 aromatic carbocycles. The summed E-state index contributed by atoms with van der Waals surface area (Å²) in [7, 11) is 0. The second-order valence-electron chi connectivity index (χ2n) is 4.42. The first-order valence-corrected chi connectivity index (χ1v) is 5.74. The molecule has 0 fully saturated rings. The minimum Gasteiger partial charge on any atom is -0.380 e. The number of amides is 1. The zero-order valence-electron chi connectivity index (χ0n) is 10.9. The maximum Gasteiger partial charge on any atom is 0.407 e. The van der Waals surface area contributed by atoms with Gasteiger partial charge in [0.25, 0.3) is 5.91 Å². The maximum atomic E-state index is 12.7. The van der Waals surface area contributed by atoms with Gasteiger partial charge in [0.1, 0.15) is 5.60 Å². The van der Waals surface area contributed by atoms with Crippen LogP contribution in [0.25, 0.3) is 4.85 Å². The molecule has 20 heavy (non-hydrogen) atoms. The first kappa shape index (κ1) is 16.0. The molecule has 108 valence electrons. The molecule has 1 rings (SSSR count). The summed E-state index contributed by atoms with van der Waals surface area (Å²) >= 11 is 0. The molecule has 0 aliphatic rings. The summed E-state index contributed by atoms with van der Waals surface area (Å²) in [6.07, 6.45) is -4.57. The summed E-state index contributed by atoms with van der Waals surface area (Å²) in [6, 6.07) is 2.84. The fraction of sp³-hybridized carbons (Fsp3) is 0.385. The zero-order chi connectivity index (χ0) is 15.6. The number of carbonyl (C=O) groups excluding carboxylic acids is 1. The first-order valence-electron chi connectivity index (χ1n) is 5.74. The predicted octanol–water partition coefficient (Wildman–Crippen LogP) is 3.36. The molecule has 0 aliphatic heterocycles. The highest BCUT2D eigenvalue weighted by Gasteiger charge is 2.34. The molecule has 1 amide bonds. The van der Waals surface area contributed by atoms with Gasteiger partial charge in [-0.3, -0.25) is 4.79 Å². The van der Waals surface area contributed by atoms with Crippen LogP contribution in [0.1, 0.15) is 25.8 Å². The van der Waals surface area contributed by atoms with Crippen LogP contribution in [0.4, 0.5) is 24.5 Å². The third-order valence-electron chi connectivity index (χ3n) is 2.86. The molecule has 0 spiro atoms. The Kier molecular flexibility index (Phi) is 4.40. The zero-order valence-corrected chi connectivity index (χ0v) is 10.9. The minimum absolute atomic E-state index is 0.116. The van der Waals surface area contributed by atoms with E-state index in [-0.39, 0.29) is 12.1 Å². The number of nitrogens with one attached hydrogen (secondary N) is 1. The number of hydrogen-bond acceptors (Lipinski definition) is 2. The van der Waals surface area contributed by atoms with E-state index in [9.17, 15) is 23.1 Å². The van der Waals surface area contributed by atoms with Crippen molar-refractivity contribution in [1.82, 2.24) is 0 Å².